The quantitative estimate of drug-likeness (QED) is 0.686. The van der Waals surface area contributed by atoms with Gasteiger partial charge in [-0.1, -0.05) is 12.1 Å². The van der Waals surface area contributed by atoms with Gasteiger partial charge in [0.2, 0.25) is 0 Å². The maximum Gasteiger partial charge on any atom is 0.138 e. The molecule has 6 nitrogen and oxygen atoms in total. The van der Waals surface area contributed by atoms with Crippen LogP contribution in [0.15, 0.2) is 47.7 Å². The van der Waals surface area contributed by atoms with Gasteiger partial charge in [-0.2, -0.15) is 0 Å². The van der Waals surface area contributed by atoms with Crippen molar-refractivity contribution in [3.63, 3.8) is 0 Å². The number of hydrogen-bond donors (Lipinski definition) is 0. The number of aromatic nitrogens is 3. The van der Waals surface area contributed by atoms with Crippen molar-refractivity contribution in [1.29, 1.82) is 0 Å². The van der Waals surface area contributed by atoms with E-state index in [9.17, 15) is 0 Å². The first-order valence-corrected chi connectivity index (χ1v) is 10.5. The van der Waals surface area contributed by atoms with Crippen molar-refractivity contribution in [3.8, 4) is 0 Å². The second-order valence-electron chi connectivity index (χ2n) is 8.18. The summed E-state index contributed by atoms with van der Waals surface area (Å²) in [6.07, 6.45) is 8.69. The fraction of sp³-hybridized carbons (Fsp3) is 0.435. The van der Waals surface area contributed by atoms with Crippen molar-refractivity contribution in [2.45, 2.75) is 38.3 Å². The molecule has 0 saturated carbocycles. The van der Waals surface area contributed by atoms with Crippen LogP contribution in [0.25, 0.3) is 5.65 Å². The normalized spacial score (nSPS) is 20.7. The summed E-state index contributed by atoms with van der Waals surface area (Å²) in [4.78, 5) is 18.8. The Balaban J connectivity index is 1.40. The molecule has 1 atom stereocenters. The van der Waals surface area contributed by atoms with Gasteiger partial charge in [0.1, 0.15) is 11.5 Å². The Morgan fingerprint density at radius 1 is 1.21 bits per heavy atom. The SMILES string of the molecule is CN=C1CCN(c2cccc3nc(CN(C)[C@H]4CCCc5cccnc54)cn23)C1. The molecule has 1 aliphatic carbocycles. The van der Waals surface area contributed by atoms with E-state index in [-0.39, 0.29) is 0 Å². The summed E-state index contributed by atoms with van der Waals surface area (Å²) in [5, 5.41) is 0. The number of anilines is 1. The number of nitrogens with zero attached hydrogens (tertiary/aromatic N) is 6. The number of rotatable bonds is 4. The van der Waals surface area contributed by atoms with Gasteiger partial charge in [-0.25, -0.2) is 4.98 Å². The summed E-state index contributed by atoms with van der Waals surface area (Å²) in [7, 11) is 4.09. The van der Waals surface area contributed by atoms with Crippen LogP contribution in [-0.2, 0) is 13.0 Å². The van der Waals surface area contributed by atoms with Gasteiger partial charge in [0, 0.05) is 44.7 Å². The highest BCUT2D eigenvalue weighted by Crippen LogP contribution is 2.32. The molecule has 0 aromatic carbocycles. The molecule has 6 heteroatoms. The van der Waals surface area contributed by atoms with Crippen molar-refractivity contribution < 1.29 is 0 Å². The molecule has 3 aromatic rings. The first-order valence-electron chi connectivity index (χ1n) is 10.5. The van der Waals surface area contributed by atoms with E-state index in [1.165, 1.54) is 29.2 Å². The molecule has 1 aliphatic heterocycles. The third kappa shape index (κ3) is 3.42. The zero-order valence-electron chi connectivity index (χ0n) is 17.3. The van der Waals surface area contributed by atoms with Gasteiger partial charge in [-0.15, -0.1) is 0 Å². The van der Waals surface area contributed by atoms with Gasteiger partial charge < -0.3 is 4.90 Å². The predicted molar refractivity (Wildman–Crippen MR) is 117 cm³/mol. The van der Waals surface area contributed by atoms with Crippen molar-refractivity contribution in [2.75, 3.05) is 32.1 Å². The van der Waals surface area contributed by atoms with E-state index in [0.717, 1.165) is 50.2 Å². The van der Waals surface area contributed by atoms with Crippen LogP contribution in [0.5, 0.6) is 0 Å². The molecule has 5 rings (SSSR count). The number of aryl methyl sites for hydroxylation is 1. The summed E-state index contributed by atoms with van der Waals surface area (Å²) in [5.41, 5.74) is 6.02. The molecule has 2 aliphatic rings. The standard InChI is InChI=1S/C23H28N6/c1-24-18-11-13-28(15-18)22-10-4-9-21-26-19(16-29(21)22)14-27(2)20-8-3-6-17-7-5-12-25-23(17)20/h4-5,7,9-10,12,16,20H,3,6,8,11,13-15H2,1-2H3/t20-/m0/s1. The van der Waals surface area contributed by atoms with Gasteiger partial charge in [0.25, 0.3) is 0 Å². The molecule has 0 spiro atoms. The summed E-state index contributed by atoms with van der Waals surface area (Å²) in [6.45, 7) is 2.75. The third-order valence-electron chi connectivity index (χ3n) is 6.31. The highest BCUT2D eigenvalue weighted by molar-refractivity contribution is 5.91. The summed E-state index contributed by atoms with van der Waals surface area (Å²) in [5.74, 6) is 1.20. The van der Waals surface area contributed by atoms with Crippen molar-refractivity contribution >= 4 is 17.2 Å². The van der Waals surface area contributed by atoms with Gasteiger partial charge in [0.15, 0.2) is 0 Å². The van der Waals surface area contributed by atoms with Crippen LogP contribution in [-0.4, -0.2) is 52.2 Å². The Bertz CT molecular complexity index is 1050. The lowest BCUT2D eigenvalue weighted by atomic mass is 9.91. The van der Waals surface area contributed by atoms with Crippen LogP contribution in [0, 0.1) is 0 Å². The molecule has 3 aromatic heterocycles. The second-order valence-corrected chi connectivity index (χ2v) is 8.18. The molecule has 150 valence electrons. The van der Waals surface area contributed by atoms with Gasteiger partial charge in [0.05, 0.1) is 24.0 Å². The molecule has 1 fully saturated rings. The monoisotopic (exact) mass is 388 g/mol. The first-order chi connectivity index (χ1) is 14.2. The lowest BCUT2D eigenvalue weighted by molar-refractivity contribution is 0.206. The Morgan fingerprint density at radius 3 is 3.00 bits per heavy atom. The first kappa shape index (κ1) is 18.3. The molecule has 4 heterocycles. The summed E-state index contributed by atoms with van der Waals surface area (Å²) < 4.78 is 2.23. The van der Waals surface area contributed by atoms with Crippen LogP contribution in [0.3, 0.4) is 0 Å². The van der Waals surface area contributed by atoms with E-state index < -0.39 is 0 Å². The van der Waals surface area contributed by atoms with Crippen LogP contribution >= 0.6 is 0 Å². The minimum atomic E-state index is 0.367. The molecule has 0 bridgehead atoms. The number of hydrogen-bond acceptors (Lipinski definition) is 5. The van der Waals surface area contributed by atoms with Crippen molar-refractivity contribution in [2.24, 2.45) is 4.99 Å². The van der Waals surface area contributed by atoms with E-state index >= 15 is 0 Å². The number of aliphatic imine (C=N–C) groups is 1. The smallest absolute Gasteiger partial charge is 0.138 e. The van der Waals surface area contributed by atoms with E-state index in [2.05, 4.69) is 62.8 Å². The zero-order valence-corrected chi connectivity index (χ0v) is 17.3. The highest BCUT2D eigenvalue weighted by atomic mass is 15.3. The molecular weight excluding hydrogens is 360 g/mol. The topological polar surface area (TPSA) is 49.0 Å². The van der Waals surface area contributed by atoms with Crippen LogP contribution in [0.1, 0.15) is 42.3 Å². The average Bonchev–Trinajstić information content (AvgIpc) is 3.39. The Kier molecular flexibility index (Phi) is 4.79. The fourth-order valence-corrected chi connectivity index (χ4v) is 4.78. The second kappa shape index (κ2) is 7.59. The lowest BCUT2D eigenvalue weighted by Crippen LogP contribution is -2.28. The van der Waals surface area contributed by atoms with Gasteiger partial charge >= 0.3 is 0 Å². The molecule has 29 heavy (non-hydrogen) atoms. The number of fused-ring (bicyclic) bond motifs is 2. The highest BCUT2D eigenvalue weighted by Gasteiger charge is 2.26. The number of imidazole rings is 1. The van der Waals surface area contributed by atoms with Crippen molar-refractivity contribution in [3.05, 3.63) is 59.7 Å². The average molecular weight is 389 g/mol. The summed E-state index contributed by atoms with van der Waals surface area (Å²) >= 11 is 0. The molecule has 1 saturated heterocycles. The van der Waals surface area contributed by atoms with Gasteiger partial charge in [-0.05, 0) is 50.1 Å². The molecule has 0 N–H and O–H groups in total. The fourth-order valence-electron chi connectivity index (χ4n) is 4.78. The Morgan fingerprint density at radius 2 is 2.14 bits per heavy atom. The van der Waals surface area contributed by atoms with Crippen LogP contribution in [0.2, 0.25) is 0 Å². The van der Waals surface area contributed by atoms with E-state index in [4.69, 9.17) is 9.97 Å². The van der Waals surface area contributed by atoms with Crippen LogP contribution < -0.4 is 4.90 Å². The zero-order chi connectivity index (χ0) is 19.8. The van der Waals surface area contributed by atoms with Crippen molar-refractivity contribution in [1.82, 2.24) is 19.3 Å². The van der Waals surface area contributed by atoms with E-state index in [0.29, 0.717) is 6.04 Å². The molecule has 0 amide bonds. The molecule has 0 radical (unpaired) electrons. The minimum Gasteiger partial charge on any atom is -0.352 e. The van der Waals surface area contributed by atoms with E-state index in [1.807, 2.05) is 13.2 Å². The maximum absolute atomic E-state index is 4.92. The predicted octanol–water partition coefficient (Wildman–Crippen LogP) is 3.52. The van der Waals surface area contributed by atoms with E-state index in [1.54, 1.807) is 0 Å². The Labute approximate surface area is 171 Å². The lowest BCUT2D eigenvalue weighted by Gasteiger charge is -2.31. The maximum atomic E-state index is 4.92. The number of pyridine rings is 2. The summed E-state index contributed by atoms with van der Waals surface area (Å²) in [6, 6.07) is 11.0. The third-order valence-corrected chi connectivity index (χ3v) is 6.31. The molecule has 0 unspecified atom stereocenters. The van der Waals surface area contributed by atoms with Gasteiger partial charge in [-0.3, -0.25) is 19.3 Å². The largest absolute Gasteiger partial charge is 0.352 e. The minimum absolute atomic E-state index is 0.367. The van der Waals surface area contributed by atoms with Crippen LogP contribution in [0.4, 0.5) is 5.82 Å². The molecular formula is C23H28N6. The Hall–Kier alpha value is -2.73.